The second-order valence-electron chi connectivity index (χ2n) is 11.2. The number of amides is 1. The Hall–Kier alpha value is -1.59. The SMILES string of the molecule is CCCCCCCCCCCCCC(=O)OCCN(C=O)CCOC(=O)CCCCCCCCCCCCC. The van der Waals surface area contributed by atoms with E-state index in [0.717, 1.165) is 32.1 Å². The highest BCUT2D eigenvalue weighted by Gasteiger charge is 2.08. The fourth-order valence-corrected chi connectivity index (χ4v) is 4.78. The molecule has 0 spiro atoms. The lowest BCUT2D eigenvalue weighted by atomic mass is 10.1. The van der Waals surface area contributed by atoms with E-state index in [2.05, 4.69) is 13.8 Å². The first-order valence-corrected chi connectivity index (χ1v) is 16.6. The van der Waals surface area contributed by atoms with Crippen LogP contribution in [0.5, 0.6) is 0 Å². The summed E-state index contributed by atoms with van der Waals surface area (Å²) in [5.41, 5.74) is 0. The summed E-state index contributed by atoms with van der Waals surface area (Å²) in [6, 6.07) is 0. The van der Waals surface area contributed by atoms with Crippen LogP contribution >= 0.6 is 0 Å². The Balaban J connectivity index is 3.52. The van der Waals surface area contributed by atoms with Crippen LogP contribution in [-0.2, 0) is 23.9 Å². The van der Waals surface area contributed by atoms with Gasteiger partial charge >= 0.3 is 11.9 Å². The molecule has 39 heavy (non-hydrogen) atoms. The highest BCUT2D eigenvalue weighted by molar-refractivity contribution is 5.69. The highest BCUT2D eigenvalue weighted by Crippen LogP contribution is 2.13. The van der Waals surface area contributed by atoms with Crippen molar-refractivity contribution in [3.8, 4) is 0 Å². The van der Waals surface area contributed by atoms with Gasteiger partial charge < -0.3 is 14.4 Å². The lowest BCUT2D eigenvalue weighted by molar-refractivity contribution is -0.145. The van der Waals surface area contributed by atoms with E-state index >= 15 is 0 Å². The standard InChI is InChI=1S/C33H63NO5/c1-3-5-7-9-11-13-15-17-19-21-23-25-32(36)38-29-27-34(31-35)28-30-39-33(37)26-24-22-20-18-16-14-12-10-8-6-4-2/h31H,3-30H2,1-2H3. The van der Waals surface area contributed by atoms with Crippen LogP contribution in [0.15, 0.2) is 0 Å². The van der Waals surface area contributed by atoms with Gasteiger partial charge in [-0.3, -0.25) is 14.4 Å². The molecule has 0 saturated carbocycles. The number of rotatable bonds is 31. The maximum absolute atomic E-state index is 11.9. The summed E-state index contributed by atoms with van der Waals surface area (Å²) in [4.78, 5) is 36.6. The zero-order chi connectivity index (χ0) is 28.7. The number of ether oxygens (including phenoxy) is 2. The molecule has 0 aliphatic heterocycles. The fraction of sp³-hybridized carbons (Fsp3) is 0.909. The molecule has 0 saturated heterocycles. The number of hydrogen-bond acceptors (Lipinski definition) is 5. The van der Waals surface area contributed by atoms with E-state index in [0.29, 0.717) is 25.9 Å². The van der Waals surface area contributed by atoms with Crippen molar-refractivity contribution in [2.75, 3.05) is 26.3 Å². The quantitative estimate of drug-likeness (QED) is 0.0487. The lowest BCUT2D eigenvalue weighted by Crippen LogP contribution is -2.31. The van der Waals surface area contributed by atoms with Crippen LogP contribution in [0.3, 0.4) is 0 Å². The molecule has 0 aromatic rings. The summed E-state index contributed by atoms with van der Waals surface area (Å²) in [6.07, 6.45) is 29.1. The average molecular weight is 554 g/mol. The molecule has 0 aromatic heterocycles. The van der Waals surface area contributed by atoms with Crippen LogP contribution in [0.25, 0.3) is 0 Å². The maximum Gasteiger partial charge on any atom is 0.305 e. The van der Waals surface area contributed by atoms with E-state index in [1.54, 1.807) is 0 Å². The van der Waals surface area contributed by atoms with E-state index < -0.39 is 0 Å². The minimum Gasteiger partial charge on any atom is -0.464 e. The van der Waals surface area contributed by atoms with Crippen molar-refractivity contribution in [1.82, 2.24) is 4.90 Å². The molecule has 0 aliphatic carbocycles. The third-order valence-corrected chi connectivity index (χ3v) is 7.40. The Morgan fingerprint density at radius 2 is 0.769 bits per heavy atom. The number of carbonyl (C=O) groups excluding carboxylic acids is 3. The van der Waals surface area contributed by atoms with Gasteiger partial charge in [0.15, 0.2) is 0 Å². The maximum atomic E-state index is 11.9. The Morgan fingerprint density at radius 1 is 0.487 bits per heavy atom. The van der Waals surface area contributed by atoms with E-state index in [1.165, 1.54) is 120 Å². The smallest absolute Gasteiger partial charge is 0.305 e. The van der Waals surface area contributed by atoms with Crippen LogP contribution < -0.4 is 0 Å². The van der Waals surface area contributed by atoms with Gasteiger partial charge in [0.2, 0.25) is 6.41 Å². The largest absolute Gasteiger partial charge is 0.464 e. The topological polar surface area (TPSA) is 72.9 Å². The Bertz CT molecular complexity index is 510. The summed E-state index contributed by atoms with van der Waals surface area (Å²) < 4.78 is 10.5. The van der Waals surface area contributed by atoms with Gasteiger partial charge in [-0.2, -0.15) is 0 Å². The van der Waals surface area contributed by atoms with E-state index in [9.17, 15) is 14.4 Å². The van der Waals surface area contributed by atoms with Gasteiger partial charge in [-0.1, -0.05) is 142 Å². The van der Waals surface area contributed by atoms with E-state index in [1.807, 2.05) is 0 Å². The molecule has 0 bridgehead atoms. The van der Waals surface area contributed by atoms with Crippen molar-refractivity contribution in [3.05, 3.63) is 0 Å². The molecule has 0 rings (SSSR count). The Morgan fingerprint density at radius 3 is 1.05 bits per heavy atom. The molecule has 1 amide bonds. The normalized spacial score (nSPS) is 10.9. The summed E-state index contributed by atoms with van der Waals surface area (Å²) >= 11 is 0. The lowest BCUT2D eigenvalue weighted by Gasteiger charge is -2.17. The van der Waals surface area contributed by atoms with Crippen LogP contribution in [0.2, 0.25) is 0 Å². The predicted molar refractivity (Wildman–Crippen MR) is 162 cm³/mol. The van der Waals surface area contributed by atoms with Crippen molar-refractivity contribution in [2.24, 2.45) is 0 Å². The molecule has 0 aromatic carbocycles. The molecule has 0 N–H and O–H groups in total. The van der Waals surface area contributed by atoms with Gasteiger partial charge in [-0.25, -0.2) is 0 Å². The van der Waals surface area contributed by atoms with Crippen LogP contribution in [0.1, 0.15) is 168 Å². The molecule has 0 atom stereocenters. The van der Waals surface area contributed by atoms with Crippen molar-refractivity contribution >= 4 is 18.3 Å². The summed E-state index contributed by atoms with van der Waals surface area (Å²) in [6.45, 7) is 5.51. The second-order valence-corrected chi connectivity index (χ2v) is 11.2. The third kappa shape index (κ3) is 29.2. The Labute approximate surface area is 241 Å². The molecule has 6 heteroatoms. The van der Waals surface area contributed by atoms with Gasteiger partial charge in [0, 0.05) is 12.8 Å². The summed E-state index contributed by atoms with van der Waals surface area (Å²) in [5, 5.41) is 0. The highest BCUT2D eigenvalue weighted by atomic mass is 16.5. The minimum absolute atomic E-state index is 0.183. The first-order chi connectivity index (χ1) is 19.1. The van der Waals surface area contributed by atoms with Gasteiger partial charge in [0.05, 0.1) is 13.1 Å². The first-order valence-electron chi connectivity index (χ1n) is 16.6. The van der Waals surface area contributed by atoms with Crippen molar-refractivity contribution in [1.29, 1.82) is 0 Å². The summed E-state index contributed by atoms with van der Waals surface area (Å²) in [5.74, 6) is -0.398. The fourth-order valence-electron chi connectivity index (χ4n) is 4.78. The van der Waals surface area contributed by atoms with E-state index in [-0.39, 0.29) is 25.2 Å². The Kier molecular flexibility index (Phi) is 29.7. The van der Waals surface area contributed by atoms with Gasteiger partial charge in [0.1, 0.15) is 13.2 Å². The van der Waals surface area contributed by atoms with Crippen LogP contribution in [0.4, 0.5) is 0 Å². The van der Waals surface area contributed by atoms with Gasteiger partial charge in [-0.15, -0.1) is 0 Å². The van der Waals surface area contributed by atoms with Crippen molar-refractivity contribution in [2.45, 2.75) is 168 Å². The van der Waals surface area contributed by atoms with Crippen LogP contribution in [-0.4, -0.2) is 49.6 Å². The number of nitrogens with zero attached hydrogens (tertiary/aromatic N) is 1. The monoisotopic (exact) mass is 553 g/mol. The molecule has 0 unspecified atom stereocenters. The van der Waals surface area contributed by atoms with Crippen molar-refractivity contribution < 1.29 is 23.9 Å². The molecule has 230 valence electrons. The third-order valence-electron chi connectivity index (χ3n) is 7.40. The molecule has 0 fully saturated rings. The average Bonchev–Trinajstić information content (AvgIpc) is 2.93. The molecule has 0 radical (unpaired) electrons. The number of hydrogen-bond donors (Lipinski definition) is 0. The summed E-state index contributed by atoms with van der Waals surface area (Å²) in [7, 11) is 0. The van der Waals surface area contributed by atoms with Gasteiger partial charge in [0.25, 0.3) is 0 Å². The molecule has 0 aliphatic rings. The number of carbonyl (C=O) groups is 3. The molecular weight excluding hydrogens is 490 g/mol. The minimum atomic E-state index is -0.199. The zero-order valence-corrected chi connectivity index (χ0v) is 25.9. The number of esters is 2. The molecule has 6 nitrogen and oxygen atoms in total. The number of unbranched alkanes of at least 4 members (excludes halogenated alkanes) is 20. The predicted octanol–water partition coefficient (Wildman–Crippen LogP) is 8.93. The first kappa shape index (κ1) is 37.4. The van der Waals surface area contributed by atoms with Crippen LogP contribution in [0, 0.1) is 0 Å². The molecule has 0 heterocycles. The zero-order valence-electron chi connectivity index (χ0n) is 25.9. The van der Waals surface area contributed by atoms with E-state index in [4.69, 9.17) is 9.47 Å². The van der Waals surface area contributed by atoms with Crippen molar-refractivity contribution in [3.63, 3.8) is 0 Å². The molecular formula is C33H63NO5. The second kappa shape index (κ2) is 30.9. The van der Waals surface area contributed by atoms with Gasteiger partial charge in [-0.05, 0) is 12.8 Å².